The number of carbonyl (C=O) groups is 2. The molecule has 2 amide bonds. The third kappa shape index (κ3) is 2.79. The summed E-state index contributed by atoms with van der Waals surface area (Å²) in [4.78, 5) is 27.6. The number of carbonyl (C=O) groups excluding carboxylic acids is 2. The first-order valence-electron chi connectivity index (χ1n) is 7.44. The van der Waals surface area contributed by atoms with Gasteiger partial charge in [-0.05, 0) is 31.2 Å². The van der Waals surface area contributed by atoms with Crippen LogP contribution in [0, 0.1) is 0 Å². The number of hydrogen-bond acceptors (Lipinski definition) is 3. The number of nitrogens with one attached hydrogen (secondary N) is 1. The maximum Gasteiger partial charge on any atom is 0.255 e. The van der Waals surface area contributed by atoms with Gasteiger partial charge in [0.1, 0.15) is 6.54 Å². The number of piperazine rings is 1. The van der Waals surface area contributed by atoms with E-state index in [0.717, 1.165) is 30.6 Å². The van der Waals surface area contributed by atoms with E-state index in [1.165, 1.54) is 0 Å². The average Bonchev–Trinajstić information content (AvgIpc) is 2.53. The molecule has 2 fully saturated rings. The van der Waals surface area contributed by atoms with Crippen LogP contribution in [0.2, 0.25) is 0 Å². The minimum absolute atomic E-state index is 0.00769. The Labute approximate surface area is 129 Å². The van der Waals surface area contributed by atoms with Gasteiger partial charge >= 0.3 is 0 Å². The number of amides is 2. The zero-order chi connectivity index (χ0) is 14.8. The van der Waals surface area contributed by atoms with E-state index in [1.54, 1.807) is 16.7 Å². The first-order valence-corrected chi connectivity index (χ1v) is 8.66. The predicted octanol–water partition coefficient (Wildman–Crippen LogP) is 2.29. The van der Waals surface area contributed by atoms with Gasteiger partial charge in [-0.3, -0.25) is 9.59 Å². The maximum absolute atomic E-state index is 12.9. The largest absolute Gasteiger partial charge is 0.350 e. The minimum atomic E-state index is -0.0341. The summed E-state index contributed by atoms with van der Waals surface area (Å²) in [5, 5.41) is 3.05. The van der Waals surface area contributed by atoms with Crippen molar-refractivity contribution < 1.29 is 9.59 Å². The van der Waals surface area contributed by atoms with Gasteiger partial charge < -0.3 is 10.2 Å². The molecule has 0 aromatic heterocycles. The number of fused-ring (bicyclic) bond motifs is 1. The van der Waals surface area contributed by atoms with Gasteiger partial charge in [0.15, 0.2) is 0 Å². The lowest BCUT2D eigenvalue weighted by molar-refractivity contribution is -0.127. The fraction of sp³-hybridized carbons (Fsp3) is 0.500. The van der Waals surface area contributed by atoms with Gasteiger partial charge in [-0.2, -0.15) is 0 Å². The molecule has 0 bridgehead atoms. The maximum atomic E-state index is 12.9. The quantitative estimate of drug-likeness (QED) is 0.853. The smallest absolute Gasteiger partial charge is 0.255 e. The van der Waals surface area contributed by atoms with E-state index >= 15 is 0 Å². The van der Waals surface area contributed by atoms with Gasteiger partial charge in [0, 0.05) is 10.9 Å². The first kappa shape index (κ1) is 14.4. The molecule has 1 saturated carbocycles. The third-order valence-corrected chi connectivity index (χ3v) is 5.18. The Kier molecular flexibility index (Phi) is 4.19. The second-order valence-electron chi connectivity index (χ2n) is 5.66. The summed E-state index contributed by atoms with van der Waals surface area (Å²) in [6, 6.07) is 7.92. The van der Waals surface area contributed by atoms with Crippen LogP contribution < -0.4 is 5.32 Å². The molecule has 1 heterocycles. The van der Waals surface area contributed by atoms with Crippen LogP contribution in [0.1, 0.15) is 36.0 Å². The SMILES string of the molecule is CSc1ccccc1C(=O)N1CC(=O)N[C@@H]2CCCC[C@@H]21. The van der Waals surface area contributed by atoms with Crippen molar-refractivity contribution in [1.82, 2.24) is 10.2 Å². The van der Waals surface area contributed by atoms with Crippen molar-refractivity contribution in [2.45, 2.75) is 42.7 Å². The Bertz CT molecular complexity index is 561. The molecule has 2 atom stereocenters. The number of rotatable bonds is 2. The lowest BCUT2D eigenvalue weighted by atomic mass is 9.87. The highest BCUT2D eigenvalue weighted by molar-refractivity contribution is 7.98. The molecule has 21 heavy (non-hydrogen) atoms. The van der Waals surface area contributed by atoms with Gasteiger partial charge in [-0.1, -0.05) is 25.0 Å². The van der Waals surface area contributed by atoms with Crippen LogP contribution in [0.25, 0.3) is 0 Å². The Morgan fingerprint density at radius 3 is 2.86 bits per heavy atom. The molecule has 0 radical (unpaired) electrons. The lowest BCUT2D eigenvalue weighted by Gasteiger charge is -2.44. The molecule has 1 N–H and O–H groups in total. The molecule has 5 heteroatoms. The Morgan fingerprint density at radius 2 is 2.05 bits per heavy atom. The standard InChI is InChI=1S/C16H20N2O2S/c1-21-14-9-5-2-6-11(14)16(20)18-10-15(19)17-12-7-3-4-8-13(12)18/h2,5-6,9,12-13H,3-4,7-8,10H2,1H3,(H,17,19)/t12-,13+/m1/s1. The van der Waals surface area contributed by atoms with Crippen LogP contribution in [0.15, 0.2) is 29.2 Å². The second-order valence-corrected chi connectivity index (χ2v) is 6.51. The summed E-state index contributed by atoms with van der Waals surface area (Å²) in [6.07, 6.45) is 6.19. The molecule has 1 aromatic carbocycles. The van der Waals surface area contributed by atoms with Gasteiger partial charge in [0.2, 0.25) is 5.91 Å². The second kappa shape index (κ2) is 6.10. The monoisotopic (exact) mass is 304 g/mol. The van der Waals surface area contributed by atoms with Crippen LogP contribution in [-0.4, -0.2) is 41.6 Å². The van der Waals surface area contributed by atoms with Crippen LogP contribution in [0.5, 0.6) is 0 Å². The molecule has 4 nitrogen and oxygen atoms in total. The minimum Gasteiger partial charge on any atom is -0.350 e. The summed E-state index contributed by atoms with van der Waals surface area (Å²) in [5.41, 5.74) is 0.712. The lowest BCUT2D eigenvalue weighted by Crippen LogP contribution is -2.62. The van der Waals surface area contributed by atoms with Crippen molar-refractivity contribution in [3.8, 4) is 0 Å². The Morgan fingerprint density at radius 1 is 1.29 bits per heavy atom. The van der Waals surface area contributed by atoms with Crippen molar-refractivity contribution in [1.29, 1.82) is 0 Å². The van der Waals surface area contributed by atoms with E-state index in [4.69, 9.17) is 0 Å². The van der Waals surface area contributed by atoms with Crippen LogP contribution in [-0.2, 0) is 4.79 Å². The van der Waals surface area contributed by atoms with E-state index in [-0.39, 0.29) is 30.4 Å². The predicted molar refractivity (Wildman–Crippen MR) is 83.4 cm³/mol. The van der Waals surface area contributed by atoms with Crippen molar-refractivity contribution in [2.24, 2.45) is 0 Å². The summed E-state index contributed by atoms with van der Waals surface area (Å²) in [5.74, 6) is -0.0418. The van der Waals surface area contributed by atoms with E-state index in [0.29, 0.717) is 5.56 Å². The molecule has 1 aliphatic heterocycles. The van der Waals surface area contributed by atoms with Gasteiger partial charge in [0.25, 0.3) is 5.91 Å². The van der Waals surface area contributed by atoms with Crippen molar-refractivity contribution >= 4 is 23.6 Å². The zero-order valence-corrected chi connectivity index (χ0v) is 13.0. The molecule has 0 unspecified atom stereocenters. The van der Waals surface area contributed by atoms with Crippen LogP contribution in [0.4, 0.5) is 0 Å². The highest BCUT2D eigenvalue weighted by Crippen LogP contribution is 2.29. The first-order chi connectivity index (χ1) is 10.2. The number of thioether (sulfide) groups is 1. The number of nitrogens with zero attached hydrogens (tertiary/aromatic N) is 1. The van der Waals surface area contributed by atoms with Gasteiger partial charge in [0.05, 0.1) is 11.6 Å². The highest BCUT2D eigenvalue weighted by atomic mass is 32.2. The average molecular weight is 304 g/mol. The molecule has 3 rings (SSSR count). The number of hydrogen-bond donors (Lipinski definition) is 1. The van der Waals surface area contributed by atoms with Gasteiger partial charge in [-0.25, -0.2) is 0 Å². The Balaban J connectivity index is 1.89. The number of benzene rings is 1. The molecular weight excluding hydrogens is 284 g/mol. The molecule has 1 saturated heterocycles. The fourth-order valence-electron chi connectivity index (χ4n) is 3.38. The summed E-state index contributed by atoms with van der Waals surface area (Å²) in [6.45, 7) is 0.183. The molecule has 1 aliphatic carbocycles. The highest BCUT2D eigenvalue weighted by Gasteiger charge is 2.39. The normalized spacial score (nSPS) is 25.2. The summed E-state index contributed by atoms with van der Waals surface area (Å²) < 4.78 is 0. The van der Waals surface area contributed by atoms with Crippen LogP contribution in [0.3, 0.4) is 0 Å². The molecule has 112 valence electrons. The summed E-state index contributed by atoms with van der Waals surface area (Å²) in [7, 11) is 0. The van der Waals surface area contributed by atoms with E-state index in [1.807, 2.05) is 30.5 Å². The van der Waals surface area contributed by atoms with E-state index in [9.17, 15) is 9.59 Å². The van der Waals surface area contributed by atoms with E-state index < -0.39 is 0 Å². The van der Waals surface area contributed by atoms with Gasteiger partial charge in [-0.15, -0.1) is 11.8 Å². The van der Waals surface area contributed by atoms with Crippen molar-refractivity contribution in [2.75, 3.05) is 12.8 Å². The van der Waals surface area contributed by atoms with Crippen LogP contribution >= 0.6 is 11.8 Å². The van der Waals surface area contributed by atoms with Crippen molar-refractivity contribution in [3.05, 3.63) is 29.8 Å². The molecule has 2 aliphatic rings. The molecule has 0 spiro atoms. The third-order valence-electron chi connectivity index (χ3n) is 4.39. The summed E-state index contributed by atoms with van der Waals surface area (Å²) >= 11 is 1.57. The van der Waals surface area contributed by atoms with Crippen molar-refractivity contribution in [3.63, 3.8) is 0 Å². The Hall–Kier alpha value is -1.49. The van der Waals surface area contributed by atoms with E-state index in [2.05, 4.69) is 5.32 Å². The fourth-order valence-corrected chi connectivity index (χ4v) is 3.97. The molecular formula is C16H20N2O2S. The topological polar surface area (TPSA) is 49.4 Å². The molecule has 1 aromatic rings. The zero-order valence-electron chi connectivity index (χ0n) is 12.2.